The zero-order chi connectivity index (χ0) is 19.7. The van der Waals surface area contributed by atoms with Gasteiger partial charge in [-0.2, -0.15) is 0 Å². The smallest absolute Gasteiger partial charge is 0.227 e. The first-order valence-corrected chi connectivity index (χ1v) is 9.11. The highest BCUT2D eigenvalue weighted by molar-refractivity contribution is 5.99. The molecule has 1 aliphatic carbocycles. The van der Waals surface area contributed by atoms with Crippen LogP contribution in [0.5, 0.6) is 5.75 Å². The van der Waals surface area contributed by atoms with Crippen LogP contribution >= 0.6 is 0 Å². The molecule has 0 radical (unpaired) electrons. The van der Waals surface area contributed by atoms with E-state index in [0.717, 1.165) is 17.0 Å². The number of carbonyl (C=O) groups is 1. The molecule has 5 nitrogen and oxygen atoms in total. The second-order valence-electron chi connectivity index (χ2n) is 6.86. The molecule has 1 atom stereocenters. The zero-order valence-electron chi connectivity index (χ0n) is 15.7. The molecule has 1 heterocycles. The van der Waals surface area contributed by atoms with E-state index in [1.165, 1.54) is 12.1 Å². The molecule has 0 fully saturated rings. The average molecular weight is 377 g/mol. The van der Waals surface area contributed by atoms with Crippen molar-refractivity contribution in [1.29, 1.82) is 0 Å². The maximum Gasteiger partial charge on any atom is 0.227 e. The minimum atomic E-state index is -0.307. The van der Waals surface area contributed by atoms with Gasteiger partial charge in [-0.25, -0.2) is 14.4 Å². The minimum absolute atomic E-state index is 0.00382. The Morgan fingerprint density at radius 1 is 1.07 bits per heavy atom. The Bertz CT molecular complexity index is 1030. The fraction of sp³-hybridized carbons (Fsp3) is 0.227. The number of para-hydroxylation sites is 1. The molecule has 28 heavy (non-hydrogen) atoms. The third kappa shape index (κ3) is 3.45. The number of benzene rings is 2. The molecule has 1 N–H and O–H groups in total. The molecule has 2 aromatic carbocycles. The number of hydrogen-bond donors (Lipinski definition) is 1. The number of aryl methyl sites for hydroxylation is 1. The van der Waals surface area contributed by atoms with E-state index in [0.29, 0.717) is 35.7 Å². The third-order valence-electron chi connectivity index (χ3n) is 4.99. The van der Waals surface area contributed by atoms with Crippen LogP contribution in [0.2, 0.25) is 0 Å². The van der Waals surface area contributed by atoms with Gasteiger partial charge >= 0.3 is 0 Å². The fourth-order valence-corrected chi connectivity index (χ4v) is 3.72. The first kappa shape index (κ1) is 18.1. The van der Waals surface area contributed by atoms with Crippen molar-refractivity contribution in [2.75, 3.05) is 12.4 Å². The van der Waals surface area contributed by atoms with E-state index in [1.54, 1.807) is 19.2 Å². The van der Waals surface area contributed by atoms with Gasteiger partial charge in [0.25, 0.3) is 0 Å². The Labute approximate surface area is 162 Å². The van der Waals surface area contributed by atoms with Gasteiger partial charge in [-0.15, -0.1) is 0 Å². The Hall–Kier alpha value is -3.28. The number of Topliss-reactive ketones (excluding diaryl/α,β-unsaturated/α-hetero) is 1. The predicted octanol–water partition coefficient (Wildman–Crippen LogP) is 4.59. The van der Waals surface area contributed by atoms with Crippen molar-refractivity contribution in [2.24, 2.45) is 0 Å². The van der Waals surface area contributed by atoms with Gasteiger partial charge in [-0.05, 0) is 49.2 Å². The normalized spacial score (nSPS) is 15.8. The first-order chi connectivity index (χ1) is 13.5. The molecular weight excluding hydrogens is 357 g/mol. The molecule has 0 bridgehead atoms. The van der Waals surface area contributed by atoms with Crippen molar-refractivity contribution in [3.63, 3.8) is 0 Å². The number of anilines is 2. The average Bonchev–Trinajstić information content (AvgIpc) is 2.69. The van der Waals surface area contributed by atoms with E-state index >= 15 is 0 Å². The highest BCUT2D eigenvalue weighted by Gasteiger charge is 2.31. The number of fused-ring (bicyclic) bond motifs is 1. The lowest BCUT2D eigenvalue weighted by molar-refractivity contribution is 0.0961. The molecular formula is C22H20FN3O2. The van der Waals surface area contributed by atoms with Gasteiger partial charge in [0.2, 0.25) is 5.95 Å². The van der Waals surface area contributed by atoms with Crippen molar-refractivity contribution < 1.29 is 13.9 Å². The predicted molar refractivity (Wildman–Crippen MR) is 105 cm³/mol. The van der Waals surface area contributed by atoms with E-state index in [9.17, 15) is 9.18 Å². The Kier molecular flexibility index (Phi) is 4.77. The van der Waals surface area contributed by atoms with Crippen LogP contribution in [0.1, 0.15) is 39.6 Å². The molecule has 0 spiro atoms. The number of carbonyl (C=O) groups excluding carboxylic acids is 1. The van der Waals surface area contributed by atoms with Crippen LogP contribution in [-0.2, 0) is 6.42 Å². The maximum absolute atomic E-state index is 13.1. The van der Waals surface area contributed by atoms with Crippen molar-refractivity contribution in [1.82, 2.24) is 9.97 Å². The van der Waals surface area contributed by atoms with E-state index in [1.807, 2.05) is 31.2 Å². The topological polar surface area (TPSA) is 64.1 Å². The fourth-order valence-electron chi connectivity index (χ4n) is 3.72. The number of ketones is 1. The maximum atomic E-state index is 13.1. The number of halogens is 1. The number of rotatable bonds is 4. The van der Waals surface area contributed by atoms with Crippen LogP contribution < -0.4 is 10.1 Å². The number of hydrogen-bond acceptors (Lipinski definition) is 5. The second kappa shape index (κ2) is 7.38. The Morgan fingerprint density at radius 2 is 1.82 bits per heavy atom. The third-order valence-corrected chi connectivity index (χ3v) is 4.99. The molecule has 1 aromatic heterocycles. The van der Waals surface area contributed by atoms with Crippen LogP contribution in [0.4, 0.5) is 16.0 Å². The van der Waals surface area contributed by atoms with E-state index in [2.05, 4.69) is 15.3 Å². The lowest BCUT2D eigenvalue weighted by Crippen LogP contribution is -2.23. The van der Waals surface area contributed by atoms with Crippen LogP contribution in [0.15, 0.2) is 48.5 Å². The summed E-state index contributed by atoms with van der Waals surface area (Å²) in [6.45, 7) is 1.82. The van der Waals surface area contributed by atoms with Gasteiger partial charge in [0.15, 0.2) is 5.78 Å². The lowest BCUT2D eigenvalue weighted by atomic mass is 9.81. The van der Waals surface area contributed by atoms with Crippen molar-refractivity contribution >= 4 is 17.4 Å². The van der Waals surface area contributed by atoms with Crippen molar-refractivity contribution in [3.8, 4) is 5.75 Å². The van der Waals surface area contributed by atoms with Crippen LogP contribution in [-0.4, -0.2) is 22.9 Å². The van der Waals surface area contributed by atoms with Crippen molar-refractivity contribution in [3.05, 3.63) is 76.9 Å². The molecule has 142 valence electrons. The Balaban J connectivity index is 1.68. The highest BCUT2D eigenvalue weighted by Crippen LogP contribution is 2.37. The molecule has 3 aromatic rings. The zero-order valence-corrected chi connectivity index (χ0v) is 15.7. The molecule has 0 saturated carbocycles. The summed E-state index contributed by atoms with van der Waals surface area (Å²) < 4.78 is 18.6. The molecule has 0 amide bonds. The monoisotopic (exact) mass is 377 g/mol. The van der Waals surface area contributed by atoms with Gasteiger partial charge in [-0.1, -0.05) is 18.2 Å². The van der Waals surface area contributed by atoms with Gasteiger partial charge in [0.05, 0.1) is 24.1 Å². The Morgan fingerprint density at radius 3 is 2.57 bits per heavy atom. The SMILES string of the molecule is COc1ccccc1[C@H]1CC(=O)c2c(C)nc(Nc3ccc(F)cc3)nc2C1. The standard InChI is InChI=1S/C22H20FN3O2/c1-13-21-18(26-22(24-13)25-16-9-7-15(23)8-10-16)11-14(12-19(21)27)17-5-3-4-6-20(17)28-2/h3-10,14H,11-12H2,1-2H3,(H,24,25,26)/t14-/m1/s1. The van der Waals surface area contributed by atoms with Crippen LogP contribution in [0.3, 0.4) is 0 Å². The van der Waals surface area contributed by atoms with Gasteiger partial charge in [-0.3, -0.25) is 4.79 Å². The molecule has 4 rings (SSSR count). The van der Waals surface area contributed by atoms with Gasteiger partial charge < -0.3 is 10.1 Å². The summed E-state index contributed by atoms with van der Waals surface area (Å²) in [6, 6.07) is 13.7. The molecule has 6 heteroatoms. The summed E-state index contributed by atoms with van der Waals surface area (Å²) in [5.41, 5.74) is 3.68. The second-order valence-corrected chi connectivity index (χ2v) is 6.86. The molecule has 0 unspecified atom stereocenters. The molecule has 0 aliphatic heterocycles. The first-order valence-electron chi connectivity index (χ1n) is 9.11. The summed E-state index contributed by atoms with van der Waals surface area (Å²) in [4.78, 5) is 21.8. The summed E-state index contributed by atoms with van der Waals surface area (Å²) in [5, 5.41) is 3.09. The number of ether oxygens (including phenoxy) is 1. The number of methoxy groups -OCH3 is 1. The van der Waals surface area contributed by atoms with E-state index in [4.69, 9.17) is 4.74 Å². The number of aromatic nitrogens is 2. The molecule has 0 saturated heterocycles. The highest BCUT2D eigenvalue weighted by atomic mass is 19.1. The van der Waals surface area contributed by atoms with Crippen LogP contribution in [0, 0.1) is 12.7 Å². The summed E-state index contributed by atoms with van der Waals surface area (Å²) in [6.07, 6.45) is 1.03. The summed E-state index contributed by atoms with van der Waals surface area (Å²) >= 11 is 0. The number of nitrogens with zero attached hydrogens (tertiary/aromatic N) is 2. The molecule has 1 aliphatic rings. The lowest BCUT2D eigenvalue weighted by Gasteiger charge is -2.25. The summed E-state index contributed by atoms with van der Waals surface area (Å²) in [7, 11) is 1.63. The van der Waals surface area contributed by atoms with Gasteiger partial charge in [0, 0.05) is 18.0 Å². The van der Waals surface area contributed by atoms with Gasteiger partial charge in [0.1, 0.15) is 11.6 Å². The largest absolute Gasteiger partial charge is 0.496 e. The quantitative estimate of drug-likeness (QED) is 0.720. The van der Waals surface area contributed by atoms with Crippen molar-refractivity contribution in [2.45, 2.75) is 25.7 Å². The van der Waals surface area contributed by atoms with Crippen LogP contribution in [0.25, 0.3) is 0 Å². The van der Waals surface area contributed by atoms with E-state index in [-0.39, 0.29) is 17.5 Å². The van der Waals surface area contributed by atoms with E-state index < -0.39 is 0 Å². The minimum Gasteiger partial charge on any atom is -0.496 e. The summed E-state index contributed by atoms with van der Waals surface area (Å²) in [5.74, 6) is 0.918. The number of nitrogens with one attached hydrogen (secondary N) is 1.